The Kier molecular flexibility index (Phi) is 3.87. The minimum atomic E-state index is -3.46. The van der Waals surface area contributed by atoms with Crippen molar-refractivity contribution < 1.29 is 8.42 Å². The first-order chi connectivity index (χ1) is 8.47. The molecule has 3 N–H and O–H groups in total. The summed E-state index contributed by atoms with van der Waals surface area (Å²) in [5.41, 5.74) is 5.49. The third-order valence-corrected chi connectivity index (χ3v) is 4.85. The molecule has 100 valence electrons. The lowest BCUT2D eigenvalue weighted by atomic mass is 10.1. The Hall–Kier alpha value is -1.14. The topological polar surface area (TPSA) is 85.1 Å². The molecule has 1 saturated carbocycles. The van der Waals surface area contributed by atoms with Gasteiger partial charge in [0.1, 0.15) is 5.82 Å². The van der Waals surface area contributed by atoms with Crippen molar-refractivity contribution in [3.8, 4) is 0 Å². The van der Waals surface area contributed by atoms with Crippen molar-refractivity contribution in [2.75, 3.05) is 12.3 Å². The maximum atomic E-state index is 12.0. The molecule has 2 unspecified atom stereocenters. The normalized spacial score (nSPS) is 24.3. The number of nitrogens with zero attached hydrogens (tertiary/aromatic N) is 1. The molecule has 0 amide bonds. The van der Waals surface area contributed by atoms with Crippen LogP contribution in [0.25, 0.3) is 0 Å². The average molecular weight is 269 g/mol. The first kappa shape index (κ1) is 13.3. The Morgan fingerprint density at radius 3 is 2.89 bits per heavy atom. The van der Waals surface area contributed by atoms with E-state index in [0.29, 0.717) is 18.4 Å². The van der Waals surface area contributed by atoms with E-state index in [-0.39, 0.29) is 10.7 Å². The Morgan fingerprint density at radius 2 is 2.28 bits per heavy atom. The zero-order valence-corrected chi connectivity index (χ0v) is 11.3. The summed E-state index contributed by atoms with van der Waals surface area (Å²) in [5.74, 6) is 1.37. The Balaban J connectivity index is 1.99. The molecule has 0 spiro atoms. The van der Waals surface area contributed by atoms with Gasteiger partial charge in [0, 0.05) is 18.8 Å². The van der Waals surface area contributed by atoms with Gasteiger partial charge in [0.25, 0.3) is 0 Å². The number of nitrogens with two attached hydrogens (primary N) is 1. The number of nitrogen functional groups attached to an aromatic ring is 1. The molecule has 18 heavy (non-hydrogen) atoms. The second-order valence-electron chi connectivity index (χ2n) is 5.05. The molecule has 5 nitrogen and oxygen atoms in total. The monoisotopic (exact) mass is 269 g/mol. The maximum absolute atomic E-state index is 12.0. The number of hydrogen-bond acceptors (Lipinski definition) is 4. The molecule has 1 aromatic rings. The van der Waals surface area contributed by atoms with E-state index in [1.54, 1.807) is 0 Å². The van der Waals surface area contributed by atoms with Crippen molar-refractivity contribution in [1.29, 1.82) is 0 Å². The van der Waals surface area contributed by atoms with Crippen LogP contribution in [0.15, 0.2) is 23.2 Å². The van der Waals surface area contributed by atoms with Crippen LogP contribution in [0.3, 0.4) is 0 Å². The largest absolute Gasteiger partial charge is 0.384 e. The Bertz CT molecular complexity index is 516. The molecule has 0 saturated heterocycles. The molecule has 0 aliphatic heterocycles. The summed E-state index contributed by atoms with van der Waals surface area (Å²) in [4.78, 5) is 3.97. The lowest BCUT2D eigenvalue weighted by Crippen LogP contribution is -2.28. The van der Waals surface area contributed by atoms with Crippen LogP contribution in [-0.4, -0.2) is 19.9 Å². The van der Waals surface area contributed by atoms with E-state index in [4.69, 9.17) is 5.73 Å². The van der Waals surface area contributed by atoms with E-state index >= 15 is 0 Å². The van der Waals surface area contributed by atoms with Gasteiger partial charge in [0.2, 0.25) is 10.0 Å². The van der Waals surface area contributed by atoms with E-state index in [0.717, 1.165) is 12.8 Å². The van der Waals surface area contributed by atoms with Gasteiger partial charge >= 0.3 is 0 Å². The van der Waals surface area contributed by atoms with Crippen LogP contribution >= 0.6 is 0 Å². The van der Waals surface area contributed by atoms with E-state index in [9.17, 15) is 8.42 Å². The Labute approximate surface area is 108 Å². The molecule has 2 rings (SSSR count). The standard InChI is InChI=1S/C12H19N3O2S/c1-9-2-3-10(6-9)8-15-18(16,17)11-4-5-14-12(13)7-11/h4-5,7,9-10,15H,2-3,6,8H2,1H3,(H2,13,14). The van der Waals surface area contributed by atoms with E-state index in [1.807, 2.05) is 0 Å². The van der Waals surface area contributed by atoms with Crippen LogP contribution in [0.4, 0.5) is 5.82 Å². The van der Waals surface area contributed by atoms with E-state index < -0.39 is 10.0 Å². The fourth-order valence-corrected chi connectivity index (χ4v) is 3.55. The first-order valence-corrected chi connectivity index (χ1v) is 7.67. The number of hydrogen-bond donors (Lipinski definition) is 2. The van der Waals surface area contributed by atoms with Crippen LogP contribution in [0.5, 0.6) is 0 Å². The van der Waals surface area contributed by atoms with Gasteiger partial charge in [-0.25, -0.2) is 18.1 Å². The molecule has 0 radical (unpaired) electrons. The second kappa shape index (κ2) is 5.24. The van der Waals surface area contributed by atoms with Crippen molar-refractivity contribution in [3.05, 3.63) is 18.3 Å². The number of sulfonamides is 1. The molecule has 0 aromatic carbocycles. The molecular weight excluding hydrogens is 250 g/mol. The average Bonchev–Trinajstić information content (AvgIpc) is 2.73. The lowest BCUT2D eigenvalue weighted by molar-refractivity contribution is 0.498. The van der Waals surface area contributed by atoms with Gasteiger partial charge in [0.05, 0.1) is 4.90 Å². The number of aromatic nitrogens is 1. The molecular formula is C12H19N3O2S. The van der Waals surface area contributed by atoms with E-state index in [2.05, 4.69) is 16.6 Å². The molecule has 0 bridgehead atoms. The molecule has 1 fully saturated rings. The van der Waals surface area contributed by atoms with Crippen molar-refractivity contribution in [1.82, 2.24) is 9.71 Å². The second-order valence-corrected chi connectivity index (χ2v) is 6.82. The highest BCUT2D eigenvalue weighted by molar-refractivity contribution is 7.89. The summed E-state index contributed by atoms with van der Waals surface area (Å²) in [6.07, 6.45) is 4.79. The maximum Gasteiger partial charge on any atom is 0.240 e. The smallest absolute Gasteiger partial charge is 0.240 e. The lowest BCUT2D eigenvalue weighted by Gasteiger charge is -2.11. The predicted molar refractivity (Wildman–Crippen MR) is 70.3 cm³/mol. The predicted octanol–water partition coefficient (Wildman–Crippen LogP) is 1.38. The van der Waals surface area contributed by atoms with Crippen molar-refractivity contribution >= 4 is 15.8 Å². The van der Waals surface area contributed by atoms with Gasteiger partial charge in [-0.3, -0.25) is 0 Å². The summed E-state index contributed by atoms with van der Waals surface area (Å²) in [7, 11) is -3.46. The third kappa shape index (κ3) is 3.20. The summed E-state index contributed by atoms with van der Waals surface area (Å²) >= 11 is 0. The zero-order chi connectivity index (χ0) is 13.2. The van der Waals surface area contributed by atoms with Crippen LogP contribution in [0.1, 0.15) is 26.2 Å². The quantitative estimate of drug-likeness (QED) is 0.864. The van der Waals surface area contributed by atoms with Crippen molar-refractivity contribution in [2.45, 2.75) is 31.1 Å². The van der Waals surface area contributed by atoms with Crippen LogP contribution in [-0.2, 0) is 10.0 Å². The Morgan fingerprint density at radius 1 is 1.50 bits per heavy atom. The summed E-state index contributed by atoms with van der Waals surface area (Å²) in [6.45, 7) is 2.72. The van der Waals surface area contributed by atoms with E-state index in [1.165, 1.54) is 24.8 Å². The van der Waals surface area contributed by atoms with Gasteiger partial charge in [-0.1, -0.05) is 13.3 Å². The van der Waals surface area contributed by atoms with Gasteiger partial charge in [-0.05, 0) is 30.7 Å². The summed E-state index contributed by atoms with van der Waals surface area (Å²) < 4.78 is 26.7. The fraction of sp³-hybridized carbons (Fsp3) is 0.583. The number of anilines is 1. The molecule has 1 aromatic heterocycles. The van der Waals surface area contributed by atoms with Crippen molar-refractivity contribution in [2.24, 2.45) is 11.8 Å². The van der Waals surface area contributed by atoms with Gasteiger partial charge in [0.15, 0.2) is 0 Å². The third-order valence-electron chi connectivity index (χ3n) is 3.43. The fourth-order valence-electron chi connectivity index (χ4n) is 2.42. The minimum Gasteiger partial charge on any atom is -0.384 e. The number of nitrogens with one attached hydrogen (secondary N) is 1. The zero-order valence-electron chi connectivity index (χ0n) is 10.5. The molecule has 1 aliphatic rings. The number of pyridine rings is 1. The molecule has 6 heteroatoms. The van der Waals surface area contributed by atoms with Gasteiger partial charge in [-0.2, -0.15) is 0 Å². The van der Waals surface area contributed by atoms with Crippen molar-refractivity contribution in [3.63, 3.8) is 0 Å². The minimum absolute atomic E-state index is 0.182. The molecule has 1 aliphatic carbocycles. The number of rotatable bonds is 4. The summed E-state index contributed by atoms with van der Waals surface area (Å²) in [5, 5.41) is 0. The molecule has 2 atom stereocenters. The summed E-state index contributed by atoms with van der Waals surface area (Å²) in [6, 6.07) is 2.83. The van der Waals surface area contributed by atoms with Crippen LogP contribution in [0, 0.1) is 11.8 Å². The van der Waals surface area contributed by atoms with Gasteiger partial charge in [-0.15, -0.1) is 0 Å². The first-order valence-electron chi connectivity index (χ1n) is 6.18. The van der Waals surface area contributed by atoms with Crippen LogP contribution < -0.4 is 10.5 Å². The SMILES string of the molecule is CC1CCC(CNS(=O)(=O)c2ccnc(N)c2)C1. The highest BCUT2D eigenvalue weighted by Gasteiger charge is 2.23. The van der Waals surface area contributed by atoms with Gasteiger partial charge < -0.3 is 5.73 Å². The van der Waals surface area contributed by atoms with Crippen LogP contribution in [0.2, 0.25) is 0 Å². The molecule has 1 heterocycles. The highest BCUT2D eigenvalue weighted by atomic mass is 32.2. The highest BCUT2D eigenvalue weighted by Crippen LogP contribution is 2.29.